The number of amides is 1. The molecule has 0 bridgehead atoms. The van der Waals surface area contributed by atoms with Gasteiger partial charge in [0.1, 0.15) is 5.88 Å². The lowest BCUT2D eigenvalue weighted by Crippen LogP contribution is -2.48. The minimum absolute atomic E-state index is 0.0341. The minimum atomic E-state index is -4.32. The summed E-state index contributed by atoms with van der Waals surface area (Å²) in [4.78, 5) is 15.1. The Labute approximate surface area is 126 Å². The van der Waals surface area contributed by atoms with Gasteiger partial charge in [-0.25, -0.2) is 0 Å². The van der Waals surface area contributed by atoms with E-state index in [2.05, 4.69) is 0 Å². The number of piperazine rings is 1. The lowest BCUT2D eigenvalue weighted by atomic mass is 10.1. The summed E-state index contributed by atoms with van der Waals surface area (Å²) < 4.78 is 38.0. The minimum Gasteiger partial charge on any atom is -0.339 e. The van der Waals surface area contributed by atoms with Gasteiger partial charge in [-0.15, -0.1) is 11.6 Å². The highest BCUT2D eigenvalue weighted by Crippen LogP contribution is 2.29. The van der Waals surface area contributed by atoms with Crippen molar-refractivity contribution in [2.45, 2.75) is 12.7 Å². The average Bonchev–Trinajstić information content (AvgIpc) is 2.47. The van der Waals surface area contributed by atoms with Crippen molar-refractivity contribution >= 4 is 17.5 Å². The van der Waals surface area contributed by atoms with E-state index in [-0.39, 0.29) is 11.8 Å². The first kappa shape index (κ1) is 16.1. The second kappa shape index (κ2) is 6.66. The van der Waals surface area contributed by atoms with Crippen LogP contribution in [0.4, 0.5) is 13.2 Å². The maximum Gasteiger partial charge on any atom is 0.416 e. The number of alkyl halides is 4. The van der Waals surface area contributed by atoms with Crippen molar-refractivity contribution in [3.05, 3.63) is 35.4 Å². The van der Waals surface area contributed by atoms with Crippen molar-refractivity contribution in [1.82, 2.24) is 9.80 Å². The van der Waals surface area contributed by atoms with E-state index in [0.717, 1.165) is 6.07 Å². The number of carbonyl (C=O) groups excluding carboxylic acids is 1. The zero-order valence-corrected chi connectivity index (χ0v) is 12.1. The number of rotatable bonds is 3. The summed E-state index contributed by atoms with van der Waals surface area (Å²) in [5.74, 6) is -0.136. The second-order valence-corrected chi connectivity index (χ2v) is 5.26. The van der Waals surface area contributed by atoms with Gasteiger partial charge >= 0.3 is 6.18 Å². The smallest absolute Gasteiger partial charge is 0.339 e. The molecule has 1 fully saturated rings. The van der Waals surface area contributed by atoms with Crippen LogP contribution in [-0.2, 0) is 17.5 Å². The number of benzene rings is 1. The summed E-state index contributed by atoms with van der Waals surface area (Å²) in [7, 11) is 0. The van der Waals surface area contributed by atoms with E-state index in [1.54, 1.807) is 11.0 Å². The standard InChI is InChI=1S/C14H16ClF3N2O/c15-9-13(21)20-6-4-19(5-7-20)10-11-2-1-3-12(8-11)14(16,17)18/h1-3,8H,4-7,9-10H2. The summed E-state index contributed by atoms with van der Waals surface area (Å²) in [5.41, 5.74) is -0.00195. The van der Waals surface area contributed by atoms with Gasteiger partial charge in [-0.1, -0.05) is 18.2 Å². The summed E-state index contributed by atoms with van der Waals surface area (Å²) >= 11 is 5.50. The van der Waals surface area contributed by atoms with Crippen LogP contribution in [-0.4, -0.2) is 47.8 Å². The van der Waals surface area contributed by atoms with Gasteiger partial charge in [0.05, 0.1) is 5.56 Å². The van der Waals surface area contributed by atoms with E-state index < -0.39 is 11.7 Å². The predicted molar refractivity (Wildman–Crippen MR) is 74.0 cm³/mol. The molecule has 0 unspecified atom stereocenters. The molecule has 0 aliphatic carbocycles. The molecule has 3 nitrogen and oxygen atoms in total. The number of halogens is 4. The van der Waals surface area contributed by atoms with Crippen LogP contribution in [0.1, 0.15) is 11.1 Å². The molecule has 116 valence electrons. The molecule has 0 N–H and O–H groups in total. The molecule has 2 rings (SSSR count). The molecule has 21 heavy (non-hydrogen) atoms. The van der Waals surface area contributed by atoms with Crippen molar-refractivity contribution in [2.24, 2.45) is 0 Å². The van der Waals surface area contributed by atoms with Crippen LogP contribution in [0, 0.1) is 0 Å². The summed E-state index contributed by atoms with van der Waals surface area (Å²) in [6.07, 6.45) is -4.32. The molecule has 0 radical (unpaired) electrons. The van der Waals surface area contributed by atoms with E-state index in [9.17, 15) is 18.0 Å². The summed E-state index contributed by atoms with van der Waals surface area (Å²) in [6.45, 7) is 2.85. The summed E-state index contributed by atoms with van der Waals surface area (Å²) in [5, 5.41) is 0. The molecule has 1 aromatic rings. The third kappa shape index (κ3) is 4.35. The Kier molecular flexibility index (Phi) is 5.11. The SMILES string of the molecule is O=C(CCl)N1CCN(Cc2cccc(C(F)(F)F)c2)CC1. The number of hydrogen-bond donors (Lipinski definition) is 0. The molecule has 0 spiro atoms. The molecule has 1 aliphatic rings. The average molecular weight is 321 g/mol. The van der Waals surface area contributed by atoms with Crippen molar-refractivity contribution in [3.63, 3.8) is 0 Å². The zero-order valence-electron chi connectivity index (χ0n) is 11.4. The fourth-order valence-electron chi connectivity index (χ4n) is 2.34. The quantitative estimate of drug-likeness (QED) is 0.799. The maximum absolute atomic E-state index is 12.7. The highest BCUT2D eigenvalue weighted by Gasteiger charge is 2.30. The van der Waals surface area contributed by atoms with Crippen molar-refractivity contribution in [1.29, 1.82) is 0 Å². The van der Waals surface area contributed by atoms with Crippen LogP contribution in [0.5, 0.6) is 0 Å². The van der Waals surface area contributed by atoms with Crippen LogP contribution in [0.25, 0.3) is 0 Å². The first-order valence-corrected chi connectivity index (χ1v) is 7.16. The topological polar surface area (TPSA) is 23.6 Å². The van der Waals surface area contributed by atoms with Gasteiger partial charge in [0, 0.05) is 32.7 Å². The molecule has 1 amide bonds. The van der Waals surface area contributed by atoms with Crippen LogP contribution >= 0.6 is 11.6 Å². The molecule has 1 heterocycles. The van der Waals surface area contributed by atoms with Crippen LogP contribution in [0.2, 0.25) is 0 Å². The molecule has 1 aromatic carbocycles. The van der Waals surface area contributed by atoms with Gasteiger partial charge in [-0.05, 0) is 11.6 Å². The molecule has 0 aromatic heterocycles. The van der Waals surface area contributed by atoms with E-state index in [0.29, 0.717) is 38.3 Å². The zero-order chi connectivity index (χ0) is 15.5. The number of hydrogen-bond acceptors (Lipinski definition) is 2. The number of nitrogens with zero attached hydrogens (tertiary/aromatic N) is 2. The van der Waals surface area contributed by atoms with Crippen LogP contribution in [0.3, 0.4) is 0 Å². The van der Waals surface area contributed by atoms with Gasteiger partial charge in [-0.3, -0.25) is 9.69 Å². The highest BCUT2D eigenvalue weighted by molar-refractivity contribution is 6.27. The van der Waals surface area contributed by atoms with Gasteiger partial charge in [-0.2, -0.15) is 13.2 Å². The Morgan fingerprint density at radius 2 is 1.86 bits per heavy atom. The largest absolute Gasteiger partial charge is 0.416 e. The van der Waals surface area contributed by atoms with E-state index >= 15 is 0 Å². The van der Waals surface area contributed by atoms with Gasteiger partial charge in [0.2, 0.25) is 5.91 Å². The Morgan fingerprint density at radius 3 is 2.43 bits per heavy atom. The van der Waals surface area contributed by atoms with Crippen molar-refractivity contribution in [2.75, 3.05) is 32.1 Å². The Balaban J connectivity index is 1.93. The summed E-state index contributed by atoms with van der Waals surface area (Å²) in [6, 6.07) is 5.35. The van der Waals surface area contributed by atoms with Crippen LogP contribution in [0.15, 0.2) is 24.3 Å². The second-order valence-electron chi connectivity index (χ2n) is 4.99. The molecule has 1 aliphatic heterocycles. The Morgan fingerprint density at radius 1 is 1.19 bits per heavy atom. The van der Waals surface area contributed by atoms with Crippen LogP contribution < -0.4 is 0 Å². The monoisotopic (exact) mass is 320 g/mol. The van der Waals surface area contributed by atoms with E-state index in [1.165, 1.54) is 12.1 Å². The lowest BCUT2D eigenvalue weighted by molar-refractivity contribution is -0.137. The fourth-order valence-corrected chi connectivity index (χ4v) is 2.51. The third-order valence-electron chi connectivity index (χ3n) is 3.50. The third-order valence-corrected chi connectivity index (χ3v) is 3.73. The molecular formula is C14H16ClF3N2O. The first-order valence-electron chi connectivity index (χ1n) is 6.62. The normalized spacial score (nSPS) is 17.0. The highest BCUT2D eigenvalue weighted by atomic mass is 35.5. The maximum atomic E-state index is 12.7. The van der Waals surface area contributed by atoms with Gasteiger partial charge < -0.3 is 4.90 Å². The molecule has 0 atom stereocenters. The van der Waals surface area contributed by atoms with E-state index in [1.807, 2.05) is 4.90 Å². The first-order chi connectivity index (χ1) is 9.90. The Hall–Kier alpha value is -1.27. The molecule has 7 heteroatoms. The lowest BCUT2D eigenvalue weighted by Gasteiger charge is -2.34. The van der Waals surface area contributed by atoms with Crippen molar-refractivity contribution < 1.29 is 18.0 Å². The van der Waals surface area contributed by atoms with Gasteiger partial charge in [0.15, 0.2) is 0 Å². The Bertz CT molecular complexity index is 499. The number of carbonyl (C=O) groups is 1. The predicted octanol–water partition coefficient (Wildman–Crippen LogP) is 2.59. The molecular weight excluding hydrogens is 305 g/mol. The van der Waals surface area contributed by atoms with E-state index in [4.69, 9.17) is 11.6 Å². The van der Waals surface area contributed by atoms with Crippen molar-refractivity contribution in [3.8, 4) is 0 Å². The molecule has 0 saturated carbocycles. The fraction of sp³-hybridized carbons (Fsp3) is 0.500. The van der Waals surface area contributed by atoms with Gasteiger partial charge in [0.25, 0.3) is 0 Å². The molecule has 1 saturated heterocycles.